The molecule has 134 valence electrons. The Balaban J connectivity index is 2.13. The fraction of sp³-hybridized carbons (Fsp3) is 0.211. The van der Waals surface area contributed by atoms with Gasteiger partial charge in [-0.05, 0) is 48.4 Å². The molecule has 0 fully saturated rings. The molecule has 0 aliphatic heterocycles. The molecule has 0 spiro atoms. The van der Waals surface area contributed by atoms with Crippen LogP contribution in [-0.2, 0) is 4.79 Å². The van der Waals surface area contributed by atoms with Crippen molar-refractivity contribution in [2.24, 2.45) is 5.92 Å². The van der Waals surface area contributed by atoms with E-state index in [-0.39, 0.29) is 22.1 Å². The standard InChI is InChI=1S/C19H17ClFN3O2/c1-11(2)17(24-18(25)12-3-5-14(21)6-4-12)19(26)23-15-7-8-16(20)13(9-15)10-22/h3-9,11,17H,1-2H3,(H,23,26)(H,24,25). The number of carbonyl (C=O) groups is 2. The summed E-state index contributed by atoms with van der Waals surface area (Å²) in [7, 11) is 0. The highest BCUT2D eigenvalue weighted by molar-refractivity contribution is 6.31. The molecule has 0 saturated carbocycles. The Morgan fingerprint density at radius 2 is 1.81 bits per heavy atom. The van der Waals surface area contributed by atoms with Gasteiger partial charge in [0, 0.05) is 11.3 Å². The van der Waals surface area contributed by atoms with E-state index in [9.17, 15) is 14.0 Å². The molecule has 0 bridgehead atoms. The number of amides is 2. The summed E-state index contributed by atoms with van der Waals surface area (Å²) in [5.74, 6) is -1.55. The van der Waals surface area contributed by atoms with Gasteiger partial charge in [-0.2, -0.15) is 5.26 Å². The van der Waals surface area contributed by atoms with Crippen molar-refractivity contribution in [2.45, 2.75) is 19.9 Å². The molecule has 2 aromatic rings. The molecule has 0 radical (unpaired) electrons. The van der Waals surface area contributed by atoms with Crippen molar-refractivity contribution < 1.29 is 14.0 Å². The van der Waals surface area contributed by atoms with E-state index in [4.69, 9.17) is 16.9 Å². The molecule has 0 aliphatic carbocycles. The molecular formula is C19H17ClFN3O2. The van der Waals surface area contributed by atoms with Crippen LogP contribution in [0.15, 0.2) is 42.5 Å². The smallest absolute Gasteiger partial charge is 0.251 e. The van der Waals surface area contributed by atoms with Gasteiger partial charge in [-0.15, -0.1) is 0 Å². The molecule has 0 aliphatic rings. The number of hydrogen-bond donors (Lipinski definition) is 2. The highest BCUT2D eigenvalue weighted by Crippen LogP contribution is 2.20. The number of anilines is 1. The molecule has 5 nitrogen and oxygen atoms in total. The summed E-state index contributed by atoms with van der Waals surface area (Å²) in [6, 6.07) is 10.7. The number of rotatable bonds is 5. The Morgan fingerprint density at radius 1 is 1.15 bits per heavy atom. The third kappa shape index (κ3) is 4.80. The average Bonchev–Trinajstić information content (AvgIpc) is 2.61. The Morgan fingerprint density at radius 3 is 2.38 bits per heavy atom. The fourth-order valence-corrected chi connectivity index (χ4v) is 2.43. The van der Waals surface area contributed by atoms with Crippen LogP contribution in [-0.4, -0.2) is 17.9 Å². The minimum absolute atomic E-state index is 0.192. The first kappa shape index (κ1) is 19.4. The third-order valence-electron chi connectivity index (χ3n) is 3.70. The maximum Gasteiger partial charge on any atom is 0.251 e. The van der Waals surface area contributed by atoms with E-state index in [1.165, 1.54) is 36.4 Å². The number of nitriles is 1. The van der Waals surface area contributed by atoms with Gasteiger partial charge in [0.15, 0.2) is 0 Å². The summed E-state index contributed by atoms with van der Waals surface area (Å²) in [6.45, 7) is 3.58. The largest absolute Gasteiger partial charge is 0.340 e. The Hall–Kier alpha value is -2.91. The maximum absolute atomic E-state index is 13.0. The lowest BCUT2D eigenvalue weighted by atomic mass is 10.0. The number of nitrogens with one attached hydrogen (secondary N) is 2. The summed E-state index contributed by atoms with van der Waals surface area (Å²) in [5.41, 5.74) is 0.890. The molecule has 0 heterocycles. The van der Waals surface area contributed by atoms with Gasteiger partial charge in [-0.25, -0.2) is 4.39 Å². The van der Waals surface area contributed by atoms with Gasteiger partial charge in [0.2, 0.25) is 5.91 Å². The number of hydrogen-bond acceptors (Lipinski definition) is 3. The summed E-state index contributed by atoms with van der Waals surface area (Å²) < 4.78 is 13.0. The minimum Gasteiger partial charge on any atom is -0.340 e. The summed E-state index contributed by atoms with van der Waals surface area (Å²) in [4.78, 5) is 24.9. The first-order chi connectivity index (χ1) is 12.3. The summed E-state index contributed by atoms with van der Waals surface area (Å²) in [6.07, 6.45) is 0. The van der Waals surface area contributed by atoms with E-state index in [1.54, 1.807) is 19.9 Å². The van der Waals surface area contributed by atoms with Gasteiger partial charge in [0.25, 0.3) is 5.91 Å². The van der Waals surface area contributed by atoms with Crippen molar-refractivity contribution in [3.05, 3.63) is 64.4 Å². The fourth-order valence-electron chi connectivity index (χ4n) is 2.27. The number of carbonyl (C=O) groups excluding carboxylic acids is 2. The van der Waals surface area contributed by atoms with Crippen molar-refractivity contribution >= 4 is 29.1 Å². The molecule has 0 aromatic heterocycles. The van der Waals surface area contributed by atoms with Gasteiger partial charge < -0.3 is 10.6 Å². The number of nitrogens with zero attached hydrogens (tertiary/aromatic N) is 1. The van der Waals surface area contributed by atoms with Gasteiger partial charge in [0.05, 0.1) is 10.6 Å². The molecule has 26 heavy (non-hydrogen) atoms. The van der Waals surface area contributed by atoms with E-state index in [0.717, 1.165) is 0 Å². The van der Waals surface area contributed by atoms with E-state index >= 15 is 0 Å². The van der Waals surface area contributed by atoms with E-state index in [2.05, 4.69) is 10.6 Å². The zero-order chi connectivity index (χ0) is 19.3. The van der Waals surface area contributed by atoms with Crippen LogP contribution in [0.3, 0.4) is 0 Å². The molecule has 0 saturated heterocycles. The second kappa shape index (κ2) is 8.45. The lowest BCUT2D eigenvalue weighted by Crippen LogP contribution is -2.47. The van der Waals surface area contributed by atoms with Crippen molar-refractivity contribution in [3.63, 3.8) is 0 Å². The van der Waals surface area contributed by atoms with Crippen LogP contribution < -0.4 is 10.6 Å². The Kier molecular flexibility index (Phi) is 6.31. The van der Waals surface area contributed by atoms with Crippen LogP contribution in [0.4, 0.5) is 10.1 Å². The van der Waals surface area contributed by atoms with Gasteiger partial charge >= 0.3 is 0 Å². The van der Waals surface area contributed by atoms with Crippen LogP contribution in [0.1, 0.15) is 29.8 Å². The van der Waals surface area contributed by atoms with Gasteiger partial charge in [-0.1, -0.05) is 25.4 Å². The highest BCUT2D eigenvalue weighted by atomic mass is 35.5. The summed E-state index contributed by atoms with van der Waals surface area (Å²) in [5, 5.41) is 14.6. The molecular weight excluding hydrogens is 357 g/mol. The quantitative estimate of drug-likeness (QED) is 0.837. The van der Waals surface area contributed by atoms with Gasteiger partial charge in [0.1, 0.15) is 17.9 Å². The average molecular weight is 374 g/mol. The Labute approximate surface area is 155 Å². The zero-order valence-corrected chi connectivity index (χ0v) is 15.0. The predicted molar refractivity (Wildman–Crippen MR) is 97.3 cm³/mol. The first-order valence-corrected chi connectivity index (χ1v) is 8.26. The third-order valence-corrected chi connectivity index (χ3v) is 4.03. The molecule has 1 unspecified atom stereocenters. The van der Waals surface area contributed by atoms with E-state index in [1.807, 2.05) is 6.07 Å². The highest BCUT2D eigenvalue weighted by Gasteiger charge is 2.25. The zero-order valence-electron chi connectivity index (χ0n) is 14.2. The van der Waals surface area contributed by atoms with Crippen molar-refractivity contribution in [3.8, 4) is 6.07 Å². The van der Waals surface area contributed by atoms with E-state index < -0.39 is 23.7 Å². The van der Waals surface area contributed by atoms with Crippen LogP contribution in [0.25, 0.3) is 0 Å². The lowest BCUT2D eigenvalue weighted by molar-refractivity contribution is -0.118. The topological polar surface area (TPSA) is 82.0 Å². The van der Waals surface area contributed by atoms with Crippen molar-refractivity contribution in [1.82, 2.24) is 5.32 Å². The predicted octanol–water partition coefficient (Wildman–Crippen LogP) is 3.74. The molecule has 1 atom stereocenters. The Bertz CT molecular complexity index is 860. The monoisotopic (exact) mass is 373 g/mol. The van der Waals surface area contributed by atoms with Crippen molar-refractivity contribution in [1.29, 1.82) is 5.26 Å². The second-order valence-corrected chi connectivity index (χ2v) is 6.40. The minimum atomic E-state index is -0.811. The van der Waals surface area contributed by atoms with Crippen LogP contribution in [0, 0.1) is 23.1 Å². The maximum atomic E-state index is 13.0. The lowest BCUT2D eigenvalue weighted by Gasteiger charge is -2.22. The molecule has 2 rings (SSSR count). The molecule has 2 amide bonds. The normalized spacial score (nSPS) is 11.5. The van der Waals surface area contributed by atoms with Gasteiger partial charge in [-0.3, -0.25) is 9.59 Å². The summed E-state index contributed by atoms with van der Waals surface area (Å²) >= 11 is 5.87. The van der Waals surface area contributed by atoms with Crippen LogP contribution in [0.2, 0.25) is 5.02 Å². The van der Waals surface area contributed by atoms with Crippen LogP contribution in [0.5, 0.6) is 0 Å². The molecule has 2 aromatic carbocycles. The molecule has 2 N–H and O–H groups in total. The SMILES string of the molecule is CC(C)C(NC(=O)c1ccc(F)cc1)C(=O)Nc1ccc(Cl)c(C#N)c1. The van der Waals surface area contributed by atoms with Crippen LogP contribution >= 0.6 is 11.6 Å². The number of benzene rings is 2. The number of halogens is 2. The van der Waals surface area contributed by atoms with E-state index in [0.29, 0.717) is 5.69 Å². The first-order valence-electron chi connectivity index (χ1n) is 7.88. The second-order valence-electron chi connectivity index (χ2n) is 6.00. The molecule has 7 heteroatoms. The van der Waals surface area contributed by atoms with Crippen molar-refractivity contribution in [2.75, 3.05) is 5.32 Å².